The van der Waals surface area contributed by atoms with Gasteiger partial charge in [-0.25, -0.2) is 0 Å². The molecule has 0 heteroatoms. The molecule has 2 aliphatic carbocycles. The van der Waals surface area contributed by atoms with Gasteiger partial charge in [0.1, 0.15) is 0 Å². The Kier molecular flexibility index (Phi) is 5.26. The molecule has 2 aliphatic rings. The first-order valence-corrected chi connectivity index (χ1v) is 17.9. The van der Waals surface area contributed by atoms with E-state index >= 15 is 0 Å². The molecule has 10 aromatic carbocycles. The topological polar surface area (TPSA) is 0 Å². The summed E-state index contributed by atoms with van der Waals surface area (Å²) in [5.41, 5.74) is 13.0. The standard InChI is InChI=1S/C51H30/c1-4-16-35-31(13-1)25-28-43-48-41-22-8-7-19-38(41)45-30-33(44-29-32-14-2-3-15-34(32)36-17-5-6-18-37(36)44)26-27-42(45)50(48)51(49(35)43)46-23-11-9-20-39(46)40-21-10-12-24-47(40)51/h1-30H. The van der Waals surface area contributed by atoms with Crippen LogP contribution in [-0.2, 0) is 5.41 Å². The Hall–Kier alpha value is -6.50. The Balaban J connectivity index is 1.28. The molecule has 0 fully saturated rings. The Labute approximate surface area is 295 Å². The third-order valence-electron chi connectivity index (χ3n) is 12.0. The van der Waals surface area contributed by atoms with Crippen LogP contribution in [-0.4, -0.2) is 0 Å². The molecule has 0 aliphatic heterocycles. The van der Waals surface area contributed by atoms with Crippen LogP contribution in [0.3, 0.4) is 0 Å². The van der Waals surface area contributed by atoms with Crippen molar-refractivity contribution < 1.29 is 0 Å². The second kappa shape index (κ2) is 9.81. The van der Waals surface area contributed by atoms with Crippen molar-refractivity contribution in [3.8, 4) is 33.4 Å². The minimum Gasteiger partial charge on any atom is -0.0619 e. The maximum atomic E-state index is 2.48. The lowest BCUT2D eigenvalue weighted by Gasteiger charge is -2.32. The second-order valence-electron chi connectivity index (χ2n) is 14.3. The van der Waals surface area contributed by atoms with Crippen molar-refractivity contribution >= 4 is 53.9 Å². The van der Waals surface area contributed by atoms with Gasteiger partial charge in [-0.15, -0.1) is 0 Å². The Morgan fingerprint density at radius 1 is 0.275 bits per heavy atom. The molecule has 0 aromatic heterocycles. The summed E-state index contributed by atoms with van der Waals surface area (Å²) in [7, 11) is 0. The molecule has 51 heavy (non-hydrogen) atoms. The van der Waals surface area contributed by atoms with Gasteiger partial charge in [-0.3, -0.25) is 0 Å². The fourth-order valence-electron chi connectivity index (χ4n) is 10.1. The first-order valence-electron chi connectivity index (χ1n) is 17.9. The van der Waals surface area contributed by atoms with Crippen molar-refractivity contribution in [3.05, 3.63) is 204 Å². The van der Waals surface area contributed by atoms with Gasteiger partial charge in [0.05, 0.1) is 5.41 Å². The van der Waals surface area contributed by atoms with Gasteiger partial charge in [-0.05, 0) is 122 Å². The van der Waals surface area contributed by atoms with E-state index in [4.69, 9.17) is 0 Å². The summed E-state index contributed by atoms with van der Waals surface area (Å²) in [4.78, 5) is 0. The zero-order valence-corrected chi connectivity index (χ0v) is 27.8. The summed E-state index contributed by atoms with van der Waals surface area (Å²) in [6, 6.07) is 68.6. The van der Waals surface area contributed by atoms with E-state index in [1.807, 2.05) is 0 Å². The smallest absolute Gasteiger partial charge is 0.0619 e. The van der Waals surface area contributed by atoms with Crippen LogP contribution >= 0.6 is 0 Å². The summed E-state index contributed by atoms with van der Waals surface area (Å²) in [6.07, 6.45) is 0. The second-order valence-corrected chi connectivity index (χ2v) is 14.3. The van der Waals surface area contributed by atoms with Crippen LogP contribution in [0, 0.1) is 0 Å². The Bertz CT molecular complexity index is 3100. The molecule has 0 atom stereocenters. The number of hydrogen-bond donors (Lipinski definition) is 0. The summed E-state index contributed by atoms with van der Waals surface area (Å²) in [6.45, 7) is 0. The summed E-state index contributed by atoms with van der Waals surface area (Å²) in [5, 5.41) is 13.0. The quantitative estimate of drug-likeness (QED) is 0.156. The average Bonchev–Trinajstić information content (AvgIpc) is 3.68. The molecular weight excluding hydrogens is 613 g/mol. The zero-order chi connectivity index (χ0) is 33.3. The van der Waals surface area contributed by atoms with Crippen LogP contribution in [0.1, 0.15) is 22.3 Å². The van der Waals surface area contributed by atoms with Gasteiger partial charge in [-0.1, -0.05) is 170 Å². The molecule has 0 radical (unpaired) electrons. The highest BCUT2D eigenvalue weighted by Crippen LogP contribution is 2.66. The molecule has 0 saturated heterocycles. The summed E-state index contributed by atoms with van der Waals surface area (Å²) < 4.78 is 0. The first-order chi connectivity index (χ1) is 25.3. The fourth-order valence-corrected chi connectivity index (χ4v) is 10.1. The number of benzene rings is 10. The third kappa shape index (κ3) is 3.35. The van der Waals surface area contributed by atoms with Crippen LogP contribution in [0.5, 0.6) is 0 Å². The zero-order valence-electron chi connectivity index (χ0n) is 27.8. The van der Waals surface area contributed by atoms with E-state index in [1.165, 1.54) is 109 Å². The van der Waals surface area contributed by atoms with Crippen molar-refractivity contribution in [2.75, 3.05) is 0 Å². The molecule has 0 bridgehead atoms. The average molecular weight is 643 g/mol. The van der Waals surface area contributed by atoms with E-state index in [-0.39, 0.29) is 0 Å². The minimum atomic E-state index is -0.460. The van der Waals surface area contributed by atoms with Crippen molar-refractivity contribution in [3.63, 3.8) is 0 Å². The lowest BCUT2D eigenvalue weighted by Crippen LogP contribution is -2.26. The van der Waals surface area contributed by atoms with Crippen molar-refractivity contribution in [1.29, 1.82) is 0 Å². The molecule has 0 heterocycles. The van der Waals surface area contributed by atoms with Crippen molar-refractivity contribution in [2.45, 2.75) is 5.41 Å². The largest absolute Gasteiger partial charge is 0.0737 e. The molecule has 0 saturated carbocycles. The van der Waals surface area contributed by atoms with E-state index < -0.39 is 5.41 Å². The van der Waals surface area contributed by atoms with Gasteiger partial charge in [0.2, 0.25) is 0 Å². The molecule has 0 nitrogen and oxygen atoms in total. The van der Waals surface area contributed by atoms with E-state index in [9.17, 15) is 0 Å². The van der Waals surface area contributed by atoms with Gasteiger partial charge < -0.3 is 0 Å². The van der Waals surface area contributed by atoms with E-state index in [0.717, 1.165) is 0 Å². The van der Waals surface area contributed by atoms with Crippen molar-refractivity contribution in [2.24, 2.45) is 0 Å². The normalized spacial score (nSPS) is 13.6. The van der Waals surface area contributed by atoms with Crippen molar-refractivity contribution in [1.82, 2.24) is 0 Å². The Morgan fingerprint density at radius 3 is 1.59 bits per heavy atom. The molecule has 0 N–H and O–H groups in total. The molecular formula is C51H30. The van der Waals surface area contributed by atoms with Crippen LogP contribution in [0.15, 0.2) is 182 Å². The highest BCUT2D eigenvalue weighted by Gasteiger charge is 2.53. The monoisotopic (exact) mass is 642 g/mol. The summed E-state index contributed by atoms with van der Waals surface area (Å²) >= 11 is 0. The lowest BCUT2D eigenvalue weighted by atomic mass is 9.68. The van der Waals surface area contributed by atoms with Gasteiger partial charge in [0.25, 0.3) is 0 Å². The molecule has 1 spiro atoms. The third-order valence-corrected chi connectivity index (χ3v) is 12.0. The molecule has 10 aromatic rings. The minimum absolute atomic E-state index is 0.460. The van der Waals surface area contributed by atoms with Gasteiger partial charge >= 0.3 is 0 Å². The predicted octanol–water partition coefficient (Wildman–Crippen LogP) is 13.5. The number of rotatable bonds is 1. The van der Waals surface area contributed by atoms with Gasteiger partial charge in [0.15, 0.2) is 0 Å². The van der Waals surface area contributed by atoms with E-state index in [2.05, 4.69) is 182 Å². The maximum absolute atomic E-state index is 2.48. The Morgan fingerprint density at radius 2 is 0.843 bits per heavy atom. The SMILES string of the molecule is c1ccc2c(c1)-c1ccccc1C21c2c(ccc3ccccc23)-c2c1c1ccc(-c3cc4ccccc4c4ccccc34)cc1c1ccccc21. The highest BCUT2D eigenvalue weighted by atomic mass is 14.5. The molecule has 12 rings (SSSR count). The molecule has 0 amide bonds. The lowest BCUT2D eigenvalue weighted by molar-refractivity contribution is 0.809. The van der Waals surface area contributed by atoms with Gasteiger partial charge in [-0.2, -0.15) is 0 Å². The molecule has 0 unspecified atom stereocenters. The van der Waals surface area contributed by atoms with Crippen LogP contribution in [0.25, 0.3) is 87.2 Å². The van der Waals surface area contributed by atoms with Gasteiger partial charge in [0, 0.05) is 0 Å². The highest BCUT2D eigenvalue weighted by molar-refractivity contribution is 6.23. The van der Waals surface area contributed by atoms with Crippen LogP contribution in [0.2, 0.25) is 0 Å². The fraction of sp³-hybridized carbons (Fsp3) is 0.0196. The number of hydrogen-bond acceptors (Lipinski definition) is 0. The summed E-state index contributed by atoms with van der Waals surface area (Å²) in [5.74, 6) is 0. The molecule has 234 valence electrons. The first kappa shape index (κ1) is 27.3. The number of fused-ring (bicyclic) bond motifs is 20. The van der Waals surface area contributed by atoms with Crippen LogP contribution < -0.4 is 0 Å². The van der Waals surface area contributed by atoms with Crippen LogP contribution in [0.4, 0.5) is 0 Å². The maximum Gasteiger partial charge on any atom is 0.0737 e. The van der Waals surface area contributed by atoms with E-state index in [1.54, 1.807) is 0 Å². The van der Waals surface area contributed by atoms with E-state index in [0.29, 0.717) is 0 Å². The predicted molar refractivity (Wildman–Crippen MR) is 216 cm³/mol.